The lowest BCUT2D eigenvalue weighted by Crippen LogP contribution is -2.33. The summed E-state index contributed by atoms with van der Waals surface area (Å²) in [6, 6.07) is 25.3. The number of nitrogens with zero attached hydrogens (tertiary/aromatic N) is 2. The summed E-state index contributed by atoms with van der Waals surface area (Å²) in [5.41, 5.74) is 11.5. The Balaban J connectivity index is 1.24. The number of fused-ring (bicyclic) bond motifs is 5. The van der Waals surface area contributed by atoms with Crippen molar-refractivity contribution in [3.63, 3.8) is 0 Å². The van der Waals surface area contributed by atoms with Crippen LogP contribution in [0, 0.1) is 11.3 Å². The second-order valence-electron chi connectivity index (χ2n) is 12.5. The van der Waals surface area contributed by atoms with E-state index in [-0.39, 0.29) is 23.5 Å². The first-order chi connectivity index (χ1) is 20.6. The smallest absolute Gasteiger partial charge is 0.133 e. The first-order valence-corrected chi connectivity index (χ1v) is 15.1. The quantitative estimate of drug-likeness (QED) is 0.362. The van der Waals surface area contributed by atoms with Crippen molar-refractivity contribution < 1.29 is 4.74 Å². The summed E-state index contributed by atoms with van der Waals surface area (Å²) in [7, 11) is 0. The van der Waals surface area contributed by atoms with Crippen molar-refractivity contribution in [1.82, 2.24) is 10.3 Å². The first kappa shape index (κ1) is 25.4. The Morgan fingerprint density at radius 3 is 2.62 bits per heavy atom. The molecule has 0 radical (unpaired) electrons. The Bertz CT molecular complexity index is 1740. The molecule has 1 saturated heterocycles. The zero-order chi connectivity index (χ0) is 28.3. The van der Waals surface area contributed by atoms with Gasteiger partial charge in [0.05, 0.1) is 18.4 Å². The molecule has 1 aromatic heterocycles. The van der Waals surface area contributed by atoms with Gasteiger partial charge in [0.15, 0.2) is 0 Å². The van der Waals surface area contributed by atoms with E-state index >= 15 is 0 Å². The number of pyridine rings is 1. The molecule has 1 N–H and O–H groups in total. The largest absolute Gasteiger partial charge is 0.373 e. The molecular formula is C38H35N3O. The molecule has 3 aliphatic carbocycles. The third-order valence-electron chi connectivity index (χ3n) is 9.76. The molecule has 0 bridgehead atoms. The van der Waals surface area contributed by atoms with Crippen LogP contribution in [0.3, 0.4) is 0 Å². The number of nitrogens with one attached hydrogen (secondary N) is 1. The molecule has 1 fully saturated rings. The summed E-state index contributed by atoms with van der Waals surface area (Å²) in [5.74, 6) is 1.46. The van der Waals surface area contributed by atoms with Gasteiger partial charge in [0.2, 0.25) is 0 Å². The highest BCUT2D eigenvalue weighted by Gasteiger charge is 2.45. The summed E-state index contributed by atoms with van der Waals surface area (Å²) >= 11 is 0. The normalized spacial score (nSPS) is 27.2. The van der Waals surface area contributed by atoms with Crippen LogP contribution in [-0.2, 0) is 4.74 Å². The van der Waals surface area contributed by atoms with Crippen molar-refractivity contribution in [1.29, 1.82) is 0 Å². The van der Waals surface area contributed by atoms with Crippen LogP contribution in [0.5, 0.6) is 0 Å². The maximum absolute atomic E-state index is 6.18. The van der Waals surface area contributed by atoms with E-state index in [9.17, 15) is 0 Å². The Hall–Kier alpha value is -4.28. The van der Waals surface area contributed by atoms with Crippen molar-refractivity contribution in [3.8, 4) is 0 Å². The van der Waals surface area contributed by atoms with Crippen LogP contribution in [0.25, 0.3) is 5.57 Å². The minimum absolute atomic E-state index is 0.0679. The van der Waals surface area contributed by atoms with E-state index in [1.165, 1.54) is 33.4 Å². The van der Waals surface area contributed by atoms with Gasteiger partial charge < -0.3 is 10.1 Å². The first-order valence-electron chi connectivity index (χ1n) is 15.1. The van der Waals surface area contributed by atoms with Crippen LogP contribution in [0.2, 0.25) is 0 Å². The van der Waals surface area contributed by atoms with Gasteiger partial charge in [0, 0.05) is 29.8 Å². The summed E-state index contributed by atoms with van der Waals surface area (Å²) in [6.45, 7) is 5.73. The van der Waals surface area contributed by atoms with Gasteiger partial charge in [-0.2, -0.15) is 0 Å². The topological polar surface area (TPSA) is 46.5 Å². The summed E-state index contributed by atoms with van der Waals surface area (Å²) in [5, 5.41) is 3.71. The molecule has 0 saturated carbocycles. The Kier molecular flexibility index (Phi) is 6.01. The van der Waals surface area contributed by atoms with Crippen molar-refractivity contribution in [2.45, 2.75) is 44.8 Å². The molecule has 4 atom stereocenters. The Labute approximate surface area is 248 Å². The second-order valence-corrected chi connectivity index (χ2v) is 12.5. The van der Waals surface area contributed by atoms with Crippen LogP contribution < -0.4 is 5.32 Å². The number of rotatable bonds is 3. The van der Waals surface area contributed by atoms with Crippen molar-refractivity contribution in [3.05, 3.63) is 154 Å². The SMILES string of the molecule is CC1(C)C2=C(CC3OCCC3=C2)c2ccccc2C2C=CC(C3=CC(c4ccccn4)N=C(c4ccccc4)N3)=CC21. The molecular weight excluding hydrogens is 514 g/mol. The molecule has 3 aromatic rings. The second kappa shape index (κ2) is 9.92. The molecule has 5 aliphatic rings. The molecule has 2 aromatic carbocycles. The lowest BCUT2D eigenvalue weighted by molar-refractivity contribution is 0.127. The number of allylic oxidation sites excluding steroid dienone is 5. The van der Waals surface area contributed by atoms with Gasteiger partial charge in [-0.25, -0.2) is 0 Å². The third kappa shape index (κ3) is 4.16. The van der Waals surface area contributed by atoms with Gasteiger partial charge in [-0.1, -0.05) is 98.8 Å². The third-order valence-corrected chi connectivity index (χ3v) is 9.76. The highest BCUT2D eigenvalue weighted by Crippen LogP contribution is 2.56. The minimum Gasteiger partial charge on any atom is -0.373 e. The number of hydrogen-bond donors (Lipinski definition) is 1. The number of aromatic nitrogens is 1. The summed E-state index contributed by atoms with van der Waals surface area (Å²) in [6.07, 6.45) is 16.1. The molecule has 208 valence electrons. The van der Waals surface area contributed by atoms with E-state index in [1.54, 1.807) is 0 Å². The van der Waals surface area contributed by atoms with Gasteiger partial charge in [0.25, 0.3) is 0 Å². The van der Waals surface area contributed by atoms with Gasteiger partial charge in [-0.3, -0.25) is 9.98 Å². The monoisotopic (exact) mass is 549 g/mol. The molecule has 4 nitrogen and oxygen atoms in total. The fourth-order valence-corrected chi connectivity index (χ4v) is 7.54. The van der Waals surface area contributed by atoms with Crippen LogP contribution in [-0.4, -0.2) is 23.5 Å². The standard InChI is InChI=1S/C38H35N3O/c1-38(2)31-20-25(34-23-35(33-14-8-9-18-39-33)41-37(40-34)24-10-4-3-5-11-24)15-16-29(31)27-12-6-7-13-28(27)30-22-36-26(17-19-42-36)21-32(30)38/h3-16,18,20-21,23,29,31,35-36H,17,19,22H2,1-2H3,(H,40,41). The molecule has 8 rings (SSSR count). The van der Waals surface area contributed by atoms with Crippen LogP contribution in [0.4, 0.5) is 0 Å². The minimum atomic E-state index is -0.163. The van der Waals surface area contributed by atoms with Crippen LogP contribution in [0.1, 0.15) is 61.0 Å². The maximum Gasteiger partial charge on any atom is 0.133 e. The van der Waals surface area contributed by atoms with Crippen LogP contribution in [0.15, 0.2) is 137 Å². The van der Waals surface area contributed by atoms with E-state index < -0.39 is 0 Å². The van der Waals surface area contributed by atoms with Crippen molar-refractivity contribution >= 4 is 11.4 Å². The van der Waals surface area contributed by atoms with Crippen molar-refractivity contribution in [2.24, 2.45) is 16.3 Å². The van der Waals surface area contributed by atoms with E-state index in [2.05, 4.69) is 109 Å². The highest BCUT2D eigenvalue weighted by molar-refractivity contribution is 6.01. The van der Waals surface area contributed by atoms with Gasteiger partial charge in [0.1, 0.15) is 11.9 Å². The molecule has 3 heterocycles. The Morgan fingerprint density at radius 2 is 1.76 bits per heavy atom. The van der Waals surface area contributed by atoms with E-state index in [0.29, 0.717) is 5.92 Å². The number of ether oxygens (including phenoxy) is 1. The number of benzene rings is 2. The summed E-state index contributed by atoms with van der Waals surface area (Å²) in [4.78, 5) is 9.76. The average molecular weight is 550 g/mol. The predicted molar refractivity (Wildman–Crippen MR) is 169 cm³/mol. The van der Waals surface area contributed by atoms with E-state index in [4.69, 9.17) is 9.73 Å². The molecule has 42 heavy (non-hydrogen) atoms. The fourth-order valence-electron chi connectivity index (χ4n) is 7.54. The number of aliphatic imine (C=N–C) groups is 1. The zero-order valence-corrected chi connectivity index (χ0v) is 24.1. The molecule has 4 heteroatoms. The van der Waals surface area contributed by atoms with Gasteiger partial charge in [-0.15, -0.1) is 0 Å². The molecule has 2 aliphatic heterocycles. The van der Waals surface area contributed by atoms with Crippen LogP contribution >= 0.6 is 0 Å². The van der Waals surface area contributed by atoms with Crippen molar-refractivity contribution in [2.75, 3.05) is 6.61 Å². The number of hydrogen-bond acceptors (Lipinski definition) is 4. The fraction of sp³-hybridized carbons (Fsp3) is 0.263. The average Bonchev–Trinajstić information content (AvgIpc) is 3.50. The van der Waals surface area contributed by atoms with Gasteiger partial charge >= 0.3 is 0 Å². The molecule has 4 unspecified atom stereocenters. The predicted octanol–water partition coefficient (Wildman–Crippen LogP) is 7.87. The van der Waals surface area contributed by atoms with E-state index in [0.717, 1.165) is 42.2 Å². The number of amidine groups is 1. The molecule has 0 spiro atoms. The van der Waals surface area contributed by atoms with E-state index in [1.807, 2.05) is 24.4 Å². The molecule has 0 amide bonds. The Morgan fingerprint density at radius 1 is 0.929 bits per heavy atom. The maximum atomic E-state index is 6.18. The highest BCUT2D eigenvalue weighted by atomic mass is 16.5. The summed E-state index contributed by atoms with van der Waals surface area (Å²) < 4.78 is 6.18. The van der Waals surface area contributed by atoms with Gasteiger partial charge in [-0.05, 0) is 69.4 Å². The zero-order valence-electron chi connectivity index (χ0n) is 24.1. The lowest BCUT2D eigenvalue weighted by Gasteiger charge is -2.40. The lowest BCUT2D eigenvalue weighted by atomic mass is 9.64.